The smallest absolute Gasteiger partial charge is 0.0389 e. The lowest BCUT2D eigenvalue weighted by Crippen LogP contribution is -2.07. The normalized spacial score (nSPS) is 12.7. The van der Waals surface area contributed by atoms with Gasteiger partial charge in [0.25, 0.3) is 0 Å². The summed E-state index contributed by atoms with van der Waals surface area (Å²) in [7, 11) is 0. The van der Waals surface area contributed by atoms with Crippen molar-refractivity contribution in [3.63, 3.8) is 0 Å². The Labute approximate surface area is 121 Å². The Bertz CT molecular complexity index is 533. The summed E-state index contributed by atoms with van der Waals surface area (Å²) < 4.78 is 1.14. The molecular formula is C15H18BrNS. The molecule has 18 heavy (non-hydrogen) atoms. The second-order valence-electron chi connectivity index (χ2n) is 4.58. The van der Waals surface area contributed by atoms with Crippen molar-refractivity contribution >= 4 is 27.3 Å². The van der Waals surface area contributed by atoms with Crippen molar-refractivity contribution in [3.05, 3.63) is 45.2 Å². The van der Waals surface area contributed by atoms with Crippen LogP contribution in [0.1, 0.15) is 36.2 Å². The van der Waals surface area contributed by atoms with E-state index >= 15 is 0 Å². The fourth-order valence-corrected chi connectivity index (χ4v) is 3.64. The quantitative estimate of drug-likeness (QED) is 0.813. The first-order chi connectivity index (χ1) is 8.61. The van der Waals surface area contributed by atoms with E-state index in [4.69, 9.17) is 5.73 Å². The van der Waals surface area contributed by atoms with Crippen LogP contribution in [0.25, 0.3) is 10.4 Å². The number of benzene rings is 1. The molecule has 96 valence electrons. The van der Waals surface area contributed by atoms with Crippen LogP contribution in [0.5, 0.6) is 0 Å². The summed E-state index contributed by atoms with van der Waals surface area (Å²) in [5.74, 6) is 0. The van der Waals surface area contributed by atoms with Crippen LogP contribution in [-0.2, 0) is 0 Å². The number of nitrogens with two attached hydrogens (primary N) is 1. The van der Waals surface area contributed by atoms with E-state index in [1.165, 1.54) is 20.9 Å². The Kier molecular flexibility index (Phi) is 4.60. The summed E-state index contributed by atoms with van der Waals surface area (Å²) in [4.78, 5) is 2.56. The number of hydrogen-bond acceptors (Lipinski definition) is 2. The van der Waals surface area contributed by atoms with Gasteiger partial charge >= 0.3 is 0 Å². The first kappa shape index (κ1) is 13.8. The number of thiophene rings is 1. The zero-order chi connectivity index (χ0) is 13.1. The highest BCUT2D eigenvalue weighted by Gasteiger charge is 2.11. The maximum absolute atomic E-state index is 6.16. The standard InChI is InChI=1S/C15H18BrNS/c1-3-4-13(17)15-8-7-14(18-15)11-9-10(2)5-6-12(11)16/h5-9,13H,3-4,17H2,1-2H3. The van der Waals surface area contributed by atoms with Gasteiger partial charge in [0.05, 0.1) is 0 Å². The Hall–Kier alpha value is -0.640. The molecular weight excluding hydrogens is 306 g/mol. The molecule has 0 saturated carbocycles. The SMILES string of the molecule is CCCC(N)c1ccc(-c2cc(C)ccc2Br)s1. The lowest BCUT2D eigenvalue weighted by molar-refractivity contribution is 0.648. The van der Waals surface area contributed by atoms with Gasteiger partial charge in [-0.2, -0.15) is 0 Å². The van der Waals surface area contributed by atoms with Crippen LogP contribution in [0.3, 0.4) is 0 Å². The summed E-state index contributed by atoms with van der Waals surface area (Å²) in [5.41, 5.74) is 8.70. The lowest BCUT2D eigenvalue weighted by Gasteiger charge is -2.07. The van der Waals surface area contributed by atoms with Crippen LogP contribution in [0.2, 0.25) is 0 Å². The van der Waals surface area contributed by atoms with Gasteiger partial charge < -0.3 is 5.73 Å². The van der Waals surface area contributed by atoms with Crippen LogP contribution in [0.15, 0.2) is 34.8 Å². The molecule has 0 fully saturated rings. The first-order valence-corrected chi connectivity index (χ1v) is 7.84. The average molecular weight is 324 g/mol. The topological polar surface area (TPSA) is 26.0 Å². The van der Waals surface area contributed by atoms with Crippen molar-refractivity contribution < 1.29 is 0 Å². The minimum absolute atomic E-state index is 0.178. The van der Waals surface area contributed by atoms with Gasteiger partial charge in [0.2, 0.25) is 0 Å². The molecule has 2 N–H and O–H groups in total. The second-order valence-corrected chi connectivity index (χ2v) is 6.55. The Morgan fingerprint density at radius 1 is 1.28 bits per heavy atom. The second kappa shape index (κ2) is 6.00. The van der Waals surface area contributed by atoms with Crippen LogP contribution in [0.4, 0.5) is 0 Å². The molecule has 0 bridgehead atoms. The average Bonchev–Trinajstić information content (AvgIpc) is 2.82. The number of rotatable bonds is 4. The van der Waals surface area contributed by atoms with Gasteiger partial charge in [0, 0.05) is 25.8 Å². The van der Waals surface area contributed by atoms with E-state index in [1.807, 2.05) is 0 Å². The lowest BCUT2D eigenvalue weighted by atomic mass is 10.1. The maximum Gasteiger partial charge on any atom is 0.0389 e. The van der Waals surface area contributed by atoms with E-state index in [-0.39, 0.29) is 6.04 Å². The van der Waals surface area contributed by atoms with Gasteiger partial charge in [-0.15, -0.1) is 11.3 Å². The van der Waals surface area contributed by atoms with Gasteiger partial charge in [-0.1, -0.05) is 40.9 Å². The molecule has 1 aromatic carbocycles. The Balaban J connectivity index is 2.32. The fourth-order valence-electron chi connectivity index (χ4n) is 1.98. The minimum Gasteiger partial charge on any atom is -0.323 e. The van der Waals surface area contributed by atoms with Crippen molar-refractivity contribution in [2.75, 3.05) is 0 Å². The summed E-state index contributed by atoms with van der Waals surface area (Å²) in [6, 6.07) is 11.0. The van der Waals surface area contributed by atoms with Crippen LogP contribution in [0, 0.1) is 6.92 Å². The molecule has 2 aromatic rings. The summed E-state index contributed by atoms with van der Waals surface area (Å²) in [5, 5.41) is 0. The van der Waals surface area contributed by atoms with Crippen molar-refractivity contribution in [2.24, 2.45) is 5.73 Å². The van der Waals surface area contributed by atoms with Crippen molar-refractivity contribution in [1.29, 1.82) is 0 Å². The molecule has 1 heterocycles. The van der Waals surface area contributed by atoms with E-state index in [2.05, 4.69) is 60.1 Å². The summed E-state index contributed by atoms with van der Waals surface area (Å²) >= 11 is 5.42. The van der Waals surface area contributed by atoms with Gasteiger partial charge in [-0.05, 0) is 37.6 Å². The zero-order valence-corrected chi connectivity index (χ0v) is 13.1. The van der Waals surface area contributed by atoms with Crippen LogP contribution >= 0.6 is 27.3 Å². The summed E-state index contributed by atoms with van der Waals surface area (Å²) in [6.07, 6.45) is 2.18. The van der Waals surface area contributed by atoms with Gasteiger partial charge in [-0.25, -0.2) is 0 Å². The van der Waals surface area contributed by atoms with Gasteiger partial charge in [0.15, 0.2) is 0 Å². The minimum atomic E-state index is 0.178. The van der Waals surface area contributed by atoms with E-state index < -0.39 is 0 Å². The third-order valence-electron chi connectivity index (χ3n) is 2.98. The molecule has 0 aliphatic rings. The number of hydrogen-bond donors (Lipinski definition) is 1. The molecule has 0 saturated heterocycles. The molecule has 3 heteroatoms. The van der Waals surface area contributed by atoms with E-state index in [9.17, 15) is 0 Å². The molecule has 0 radical (unpaired) electrons. The highest BCUT2D eigenvalue weighted by molar-refractivity contribution is 9.10. The molecule has 2 rings (SSSR count). The van der Waals surface area contributed by atoms with Crippen LogP contribution < -0.4 is 5.73 Å². The number of aryl methyl sites for hydroxylation is 1. The molecule has 1 aromatic heterocycles. The maximum atomic E-state index is 6.16. The highest BCUT2D eigenvalue weighted by Crippen LogP contribution is 2.36. The highest BCUT2D eigenvalue weighted by atomic mass is 79.9. The largest absolute Gasteiger partial charge is 0.323 e. The van der Waals surface area contributed by atoms with Crippen LogP contribution in [-0.4, -0.2) is 0 Å². The third-order valence-corrected chi connectivity index (χ3v) is 4.92. The predicted octanol–water partition coefficient (Wildman–Crippen LogP) is 5.29. The number of halogens is 1. The third kappa shape index (κ3) is 3.02. The molecule has 0 aliphatic carbocycles. The molecule has 0 spiro atoms. The van der Waals surface area contributed by atoms with Crippen molar-refractivity contribution in [3.8, 4) is 10.4 Å². The van der Waals surface area contributed by atoms with Gasteiger partial charge in [0.1, 0.15) is 0 Å². The van der Waals surface area contributed by atoms with Gasteiger partial charge in [-0.3, -0.25) is 0 Å². The molecule has 1 nitrogen and oxygen atoms in total. The summed E-state index contributed by atoms with van der Waals surface area (Å²) in [6.45, 7) is 4.29. The van der Waals surface area contributed by atoms with Crippen molar-refractivity contribution in [2.45, 2.75) is 32.7 Å². The molecule has 0 aliphatic heterocycles. The predicted molar refractivity (Wildman–Crippen MR) is 84.0 cm³/mol. The zero-order valence-electron chi connectivity index (χ0n) is 10.7. The van der Waals surface area contributed by atoms with Crippen molar-refractivity contribution in [1.82, 2.24) is 0 Å². The van der Waals surface area contributed by atoms with E-state index in [0.29, 0.717) is 0 Å². The van der Waals surface area contributed by atoms with E-state index in [0.717, 1.165) is 17.3 Å². The Morgan fingerprint density at radius 2 is 2.06 bits per heavy atom. The first-order valence-electron chi connectivity index (χ1n) is 6.23. The monoisotopic (exact) mass is 323 g/mol. The molecule has 0 amide bonds. The Morgan fingerprint density at radius 3 is 2.78 bits per heavy atom. The molecule has 1 atom stereocenters. The fraction of sp³-hybridized carbons (Fsp3) is 0.333. The molecule has 1 unspecified atom stereocenters. The van der Waals surface area contributed by atoms with E-state index in [1.54, 1.807) is 11.3 Å².